The number of anilines is 2. The molecule has 7 heteroatoms. The minimum Gasteiger partial charge on any atom is -0.449 e. The average molecular weight is 421 g/mol. The largest absolute Gasteiger partial charge is 0.449 e. The highest BCUT2D eigenvalue weighted by molar-refractivity contribution is 5.99. The van der Waals surface area contributed by atoms with Gasteiger partial charge in [0.15, 0.2) is 11.5 Å². The average Bonchev–Trinajstić information content (AvgIpc) is 3.55. The number of carbonyl (C=O) groups excluding carboxylic acids is 1. The summed E-state index contributed by atoms with van der Waals surface area (Å²) in [7, 11) is 0. The molecule has 7 nitrogen and oxygen atoms in total. The zero-order chi connectivity index (χ0) is 21.7. The summed E-state index contributed by atoms with van der Waals surface area (Å²) in [6, 6.07) is 18.1. The number of hydrogen-bond donors (Lipinski definition) is 2. The Hall–Kier alpha value is -4.39. The Morgan fingerprint density at radius 3 is 2.72 bits per heavy atom. The van der Waals surface area contributed by atoms with E-state index < -0.39 is 0 Å². The van der Waals surface area contributed by atoms with Crippen molar-refractivity contribution in [2.45, 2.75) is 13.5 Å². The zero-order valence-corrected chi connectivity index (χ0v) is 17.3. The van der Waals surface area contributed by atoms with Gasteiger partial charge >= 0.3 is 0 Å². The van der Waals surface area contributed by atoms with Crippen LogP contribution in [0, 0.1) is 6.92 Å². The molecule has 4 heterocycles. The van der Waals surface area contributed by atoms with Gasteiger partial charge in [0, 0.05) is 42.7 Å². The third-order valence-corrected chi connectivity index (χ3v) is 5.71. The molecule has 2 aromatic carbocycles. The van der Waals surface area contributed by atoms with E-state index in [4.69, 9.17) is 4.42 Å². The van der Waals surface area contributed by atoms with Crippen LogP contribution in [0.3, 0.4) is 0 Å². The van der Waals surface area contributed by atoms with Gasteiger partial charge in [-0.3, -0.25) is 9.20 Å². The first-order valence-electron chi connectivity index (χ1n) is 10.3. The zero-order valence-electron chi connectivity index (χ0n) is 17.3. The second-order valence-corrected chi connectivity index (χ2v) is 7.76. The van der Waals surface area contributed by atoms with Crippen LogP contribution in [0.4, 0.5) is 11.4 Å². The van der Waals surface area contributed by atoms with Crippen LogP contribution in [-0.2, 0) is 6.54 Å². The normalized spacial score (nSPS) is 12.7. The van der Waals surface area contributed by atoms with Crippen molar-refractivity contribution in [1.29, 1.82) is 0 Å². The fraction of sp³-hybridized carbons (Fsp3) is 0.0800. The number of carbonyl (C=O) groups is 1. The number of aryl methyl sites for hydroxylation is 1. The summed E-state index contributed by atoms with van der Waals surface area (Å²) in [5, 5.41) is 6.33. The van der Waals surface area contributed by atoms with E-state index in [1.807, 2.05) is 55.6 Å². The van der Waals surface area contributed by atoms with Crippen LogP contribution in [-0.4, -0.2) is 20.3 Å². The molecule has 0 saturated carbocycles. The number of fused-ring (bicyclic) bond motifs is 2. The Bertz CT molecular complexity index is 1480. The highest BCUT2D eigenvalue weighted by Crippen LogP contribution is 2.30. The van der Waals surface area contributed by atoms with Crippen molar-refractivity contribution < 1.29 is 9.21 Å². The maximum absolute atomic E-state index is 11.9. The SMILES string of the molecule is Cc1nc(-c2ccc(Nc3ccc(-c4ccc5c(c4)CNC5=O)n4ccnc34)cc2)co1. The van der Waals surface area contributed by atoms with Crippen molar-refractivity contribution in [1.82, 2.24) is 19.7 Å². The molecule has 1 aliphatic heterocycles. The number of pyridine rings is 1. The highest BCUT2D eigenvalue weighted by Gasteiger charge is 2.19. The molecule has 1 aliphatic rings. The summed E-state index contributed by atoms with van der Waals surface area (Å²) in [6.45, 7) is 2.40. The molecule has 0 aliphatic carbocycles. The van der Waals surface area contributed by atoms with Gasteiger partial charge in [-0.1, -0.05) is 18.2 Å². The summed E-state index contributed by atoms with van der Waals surface area (Å²) in [5.74, 6) is 0.638. The maximum Gasteiger partial charge on any atom is 0.251 e. The first kappa shape index (κ1) is 18.4. The summed E-state index contributed by atoms with van der Waals surface area (Å²) in [5.41, 5.74) is 8.33. The minimum atomic E-state index is -0.0106. The number of aromatic nitrogens is 3. The molecule has 0 spiro atoms. The fourth-order valence-electron chi connectivity index (χ4n) is 4.11. The van der Waals surface area contributed by atoms with Crippen molar-refractivity contribution in [2.24, 2.45) is 0 Å². The molecule has 0 atom stereocenters. The van der Waals surface area contributed by atoms with Crippen LogP contribution < -0.4 is 10.6 Å². The second kappa shape index (κ2) is 7.09. The molecular formula is C25H19N5O2. The lowest BCUT2D eigenvalue weighted by Crippen LogP contribution is -2.12. The molecule has 0 radical (unpaired) electrons. The Balaban J connectivity index is 1.32. The molecular weight excluding hydrogens is 402 g/mol. The van der Waals surface area contributed by atoms with Crippen LogP contribution >= 0.6 is 0 Å². The van der Waals surface area contributed by atoms with Gasteiger partial charge in [-0.15, -0.1) is 0 Å². The van der Waals surface area contributed by atoms with Crippen LogP contribution in [0.15, 0.2) is 77.7 Å². The third-order valence-electron chi connectivity index (χ3n) is 5.71. The molecule has 1 amide bonds. The molecule has 0 fully saturated rings. The number of nitrogens with zero attached hydrogens (tertiary/aromatic N) is 3. The van der Waals surface area contributed by atoms with E-state index in [2.05, 4.69) is 37.1 Å². The third kappa shape index (κ3) is 3.02. The minimum absolute atomic E-state index is 0.0106. The lowest BCUT2D eigenvalue weighted by molar-refractivity contribution is 0.0965. The lowest BCUT2D eigenvalue weighted by Gasteiger charge is -2.12. The number of rotatable bonds is 4. The standard InChI is InChI=1S/C25H19N5O2/c1-15-28-22(14-32-15)16-2-5-19(6-3-16)29-21-8-9-23(30-11-10-26-24(21)30)17-4-7-20-18(12-17)13-27-25(20)31/h2-12,14,29H,13H2,1H3,(H,27,31). The van der Waals surface area contributed by atoms with Gasteiger partial charge in [0.2, 0.25) is 0 Å². The first-order chi connectivity index (χ1) is 15.7. The lowest BCUT2D eigenvalue weighted by atomic mass is 10.0. The topological polar surface area (TPSA) is 84.5 Å². The van der Waals surface area contributed by atoms with Crippen LogP contribution in [0.1, 0.15) is 21.8 Å². The molecule has 6 rings (SSSR count). The van der Waals surface area contributed by atoms with Gasteiger partial charge in [0.25, 0.3) is 5.91 Å². The number of nitrogens with one attached hydrogen (secondary N) is 2. The molecule has 156 valence electrons. The molecule has 5 aromatic rings. The predicted molar refractivity (Wildman–Crippen MR) is 122 cm³/mol. The fourth-order valence-corrected chi connectivity index (χ4v) is 4.11. The van der Waals surface area contributed by atoms with Crippen molar-refractivity contribution in [2.75, 3.05) is 5.32 Å². The van der Waals surface area contributed by atoms with Gasteiger partial charge in [-0.25, -0.2) is 9.97 Å². The van der Waals surface area contributed by atoms with Crippen molar-refractivity contribution in [3.05, 3.63) is 90.3 Å². The Morgan fingerprint density at radius 2 is 1.91 bits per heavy atom. The Morgan fingerprint density at radius 1 is 1.06 bits per heavy atom. The van der Waals surface area contributed by atoms with E-state index in [9.17, 15) is 4.79 Å². The van der Waals surface area contributed by atoms with E-state index >= 15 is 0 Å². The molecule has 3 aromatic heterocycles. The molecule has 0 saturated heterocycles. The molecule has 0 unspecified atom stereocenters. The van der Waals surface area contributed by atoms with Crippen molar-refractivity contribution in [3.8, 4) is 22.5 Å². The van der Waals surface area contributed by atoms with E-state index in [-0.39, 0.29) is 5.91 Å². The van der Waals surface area contributed by atoms with Crippen molar-refractivity contribution >= 4 is 22.9 Å². The van der Waals surface area contributed by atoms with E-state index in [1.165, 1.54) is 0 Å². The Kier molecular flexibility index (Phi) is 4.07. The van der Waals surface area contributed by atoms with Crippen LogP contribution in [0.5, 0.6) is 0 Å². The summed E-state index contributed by atoms with van der Waals surface area (Å²) >= 11 is 0. The summed E-state index contributed by atoms with van der Waals surface area (Å²) < 4.78 is 7.36. The maximum atomic E-state index is 11.9. The van der Waals surface area contributed by atoms with Gasteiger partial charge in [-0.05, 0) is 47.5 Å². The summed E-state index contributed by atoms with van der Waals surface area (Å²) in [4.78, 5) is 20.8. The van der Waals surface area contributed by atoms with E-state index in [0.717, 1.165) is 50.7 Å². The predicted octanol–water partition coefficient (Wildman–Crippen LogP) is 4.95. The number of imidazole rings is 1. The number of oxazole rings is 1. The van der Waals surface area contributed by atoms with Crippen LogP contribution in [0.2, 0.25) is 0 Å². The smallest absolute Gasteiger partial charge is 0.251 e. The van der Waals surface area contributed by atoms with Crippen molar-refractivity contribution in [3.63, 3.8) is 0 Å². The number of benzene rings is 2. The Labute approximate surface area is 183 Å². The second-order valence-electron chi connectivity index (χ2n) is 7.76. The highest BCUT2D eigenvalue weighted by atomic mass is 16.3. The van der Waals surface area contributed by atoms with Gasteiger partial charge in [0.05, 0.1) is 11.4 Å². The van der Waals surface area contributed by atoms with E-state index in [1.54, 1.807) is 12.5 Å². The first-order valence-corrected chi connectivity index (χ1v) is 10.3. The molecule has 2 N–H and O–H groups in total. The van der Waals surface area contributed by atoms with E-state index in [0.29, 0.717) is 12.4 Å². The molecule has 32 heavy (non-hydrogen) atoms. The summed E-state index contributed by atoms with van der Waals surface area (Å²) in [6.07, 6.45) is 5.40. The number of amides is 1. The molecule has 0 bridgehead atoms. The van der Waals surface area contributed by atoms with Gasteiger partial charge in [0.1, 0.15) is 12.0 Å². The monoisotopic (exact) mass is 421 g/mol. The quantitative estimate of drug-likeness (QED) is 0.429. The van der Waals surface area contributed by atoms with Gasteiger partial charge in [-0.2, -0.15) is 0 Å². The van der Waals surface area contributed by atoms with Gasteiger partial charge < -0.3 is 15.1 Å². The van der Waals surface area contributed by atoms with Crippen LogP contribution in [0.25, 0.3) is 28.2 Å². The number of hydrogen-bond acceptors (Lipinski definition) is 5.